The van der Waals surface area contributed by atoms with Crippen LogP contribution >= 0.6 is 11.3 Å². The van der Waals surface area contributed by atoms with E-state index >= 15 is 0 Å². The summed E-state index contributed by atoms with van der Waals surface area (Å²) in [5, 5.41) is 6.83. The van der Waals surface area contributed by atoms with Gasteiger partial charge in [-0.3, -0.25) is 0 Å². The number of carbonyl (C=O) groups excluding carboxylic acids is 1. The Morgan fingerprint density at radius 1 is 1.30 bits per heavy atom. The lowest BCUT2D eigenvalue weighted by Gasteiger charge is -2.32. The third kappa shape index (κ3) is 4.39. The molecule has 3 aromatic rings. The van der Waals surface area contributed by atoms with Gasteiger partial charge in [-0.05, 0) is 32.5 Å². The van der Waals surface area contributed by atoms with Crippen LogP contribution in [0.2, 0.25) is 0 Å². The zero-order valence-electron chi connectivity index (χ0n) is 17.6. The summed E-state index contributed by atoms with van der Waals surface area (Å²) in [4.78, 5) is 26.5. The number of ether oxygens (including phenoxy) is 1. The molecule has 4 rings (SSSR count). The van der Waals surface area contributed by atoms with E-state index in [1.54, 1.807) is 16.2 Å². The van der Waals surface area contributed by atoms with Crippen molar-refractivity contribution in [3.8, 4) is 11.1 Å². The van der Waals surface area contributed by atoms with Gasteiger partial charge in [0.2, 0.25) is 0 Å². The number of rotatable bonds is 5. The van der Waals surface area contributed by atoms with Gasteiger partial charge in [0.05, 0.1) is 19.0 Å². The first-order valence-electron chi connectivity index (χ1n) is 10.1. The van der Waals surface area contributed by atoms with Gasteiger partial charge >= 0.3 is 6.09 Å². The van der Waals surface area contributed by atoms with E-state index in [2.05, 4.69) is 27.7 Å². The van der Waals surface area contributed by atoms with Crippen molar-refractivity contribution in [1.29, 1.82) is 0 Å². The number of piperidine rings is 1. The van der Waals surface area contributed by atoms with Crippen LogP contribution in [-0.2, 0) is 11.3 Å². The summed E-state index contributed by atoms with van der Waals surface area (Å²) in [6.07, 6.45) is 1.64. The van der Waals surface area contributed by atoms with Gasteiger partial charge in [-0.1, -0.05) is 30.3 Å². The number of hydrogen-bond acceptors (Lipinski definition) is 7. The molecule has 0 aliphatic carbocycles. The standard InChI is InChI=1S/C22H27N5O2S/c1-26(2)13-18-24-20(23-16-10-7-11-27(12-16)22(28)29-3)19-17(14-30-21(19)25-18)15-8-5-4-6-9-15/h4-6,8-9,14,16H,7,10-13H2,1-3H3,(H,23,24,25). The zero-order valence-corrected chi connectivity index (χ0v) is 18.4. The number of nitrogens with one attached hydrogen (secondary N) is 1. The highest BCUT2D eigenvalue weighted by molar-refractivity contribution is 7.17. The van der Waals surface area contributed by atoms with Crippen molar-refractivity contribution in [2.45, 2.75) is 25.4 Å². The lowest BCUT2D eigenvalue weighted by Crippen LogP contribution is -2.45. The second-order valence-electron chi connectivity index (χ2n) is 7.82. The average molecular weight is 426 g/mol. The molecular formula is C22H27N5O2S. The Balaban J connectivity index is 1.72. The van der Waals surface area contributed by atoms with Gasteiger partial charge in [-0.25, -0.2) is 14.8 Å². The molecule has 1 saturated heterocycles. The molecule has 1 fully saturated rings. The number of hydrogen-bond donors (Lipinski definition) is 1. The first-order valence-corrected chi connectivity index (χ1v) is 11.0. The van der Waals surface area contributed by atoms with Crippen LogP contribution in [0.5, 0.6) is 0 Å². The second kappa shape index (κ2) is 8.97. The van der Waals surface area contributed by atoms with E-state index in [1.165, 1.54) is 7.11 Å². The molecule has 7 nitrogen and oxygen atoms in total. The van der Waals surface area contributed by atoms with E-state index in [0.717, 1.165) is 52.4 Å². The molecule has 1 aliphatic heterocycles. The Bertz CT molecular complexity index is 1020. The van der Waals surface area contributed by atoms with Gasteiger partial charge in [0, 0.05) is 30.1 Å². The number of thiophene rings is 1. The normalized spacial score (nSPS) is 16.8. The van der Waals surface area contributed by atoms with E-state index < -0.39 is 0 Å². The topological polar surface area (TPSA) is 70.6 Å². The van der Waals surface area contributed by atoms with E-state index in [1.807, 2.05) is 32.3 Å². The van der Waals surface area contributed by atoms with Crippen LogP contribution in [0.3, 0.4) is 0 Å². The third-order valence-corrected chi connectivity index (χ3v) is 6.09. The lowest BCUT2D eigenvalue weighted by atomic mass is 10.0. The maximum Gasteiger partial charge on any atom is 0.409 e. The number of aromatic nitrogens is 2. The largest absolute Gasteiger partial charge is 0.453 e. The number of methoxy groups -OCH3 is 1. The summed E-state index contributed by atoms with van der Waals surface area (Å²) in [5.74, 6) is 1.63. The van der Waals surface area contributed by atoms with Crippen LogP contribution in [0.15, 0.2) is 35.7 Å². The van der Waals surface area contributed by atoms with Crippen molar-refractivity contribution in [2.75, 3.05) is 39.6 Å². The molecule has 1 aliphatic rings. The van der Waals surface area contributed by atoms with Crippen molar-refractivity contribution in [1.82, 2.24) is 19.8 Å². The van der Waals surface area contributed by atoms with Crippen LogP contribution < -0.4 is 5.32 Å². The minimum atomic E-state index is -0.275. The summed E-state index contributed by atoms with van der Waals surface area (Å²) in [7, 11) is 5.46. The molecule has 1 atom stereocenters. The van der Waals surface area contributed by atoms with Crippen molar-refractivity contribution in [3.05, 3.63) is 41.5 Å². The maximum atomic E-state index is 12.0. The predicted molar refractivity (Wildman–Crippen MR) is 121 cm³/mol. The third-order valence-electron chi connectivity index (χ3n) is 5.22. The number of likely N-dealkylation sites (tertiary alicyclic amines) is 1. The summed E-state index contributed by atoms with van der Waals surface area (Å²) in [6, 6.07) is 10.4. The summed E-state index contributed by atoms with van der Waals surface area (Å²) >= 11 is 1.64. The highest BCUT2D eigenvalue weighted by Gasteiger charge is 2.26. The summed E-state index contributed by atoms with van der Waals surface area (Å²) in [5.41, 5.74) is 2.28. The monoisotopic (exact) mass is 425 g/mol. The molecule has 1 unspecified atom stereocenters. The number of benzene rings is 1. The molecule has 3 heterocycles. The fraction of sp³-hybridized carbons (Fsp3) is 0.409. The van der Waals surface area contributed by atoms with Crippen LogP contribution in [-0.4, -0.2) is 66.2 Å². The molecule has 0 saturated carbocycles. The van der Waals surface area contributed by atoms with Crippen molar-refractivity contribution < 1.29 is 9.53 Å². The molecule has 0 spiro atoms. The Morgan fingerprint density at radius 2 is 2.10 bits per heavy atom. The number of fused-ring (bicyclic) bond motifs is 1. The van der Waals surface area contributed by atoms with E-state index in [4.69, 9.17) is 14.7 Å². The highest BCUT2D eigenvalue weighted by Crippen LogP contribution is 2.37. The molecule has 30 heavy (non-hydrogen) atoms. The summed E-state index contributed by atoms with van der Waals surface area (Å²) in [6.45, 7) is 2.00. The minimum Gasteiger partial charge on any atom is -0.453 e. The summed E-state index contributed by atoms with van der Waals surface area (Å²) < 4.78 is 4.92. The molecule has 1 N–H and O–H groups in total. The Kier molecular flexibility index (Phi) is 6.15. The Labute approximate surface area is 180 Å². The average Bonchev–Trinajstić information content (AvgIpc) is 3.18. The lowest BCUT2D eigenvalue weighted by molar-refractivity contribution is 0.113. The maximum absolute atomic E-state index is 12.0. The Hall–Kier alpha value is -2.71. The Morgan fingerprint density at radius 3 is 2.83 bits per heavy atom. The molecule has 158 valence electrons. The molecule has 0 bridgehead atoms. The highest BCUT2D eigenvalue weighted by atomic mass is 32.1. The smallest absolute Gasteiger partial charge is 0.409 e. The van der Waals surface area contributed by atoms with Gasteiger partial charge < -0.3 is 19.9 Å². The number of anilines is 1. The van der Waals surface area contributed by atoms with E-state index in [9.17, 15) is 4.79 Å². The van der Waals surface area contributed by atoms with Gasteiger partial charge in [0.1, 0.15) is 16.5 Å². The van der Waals surface area contributed by atoms with Crippen LogP contribution in [0.4, 0.5) is 10.6 Å². The van der Waals surface area contributed by atoms with Gasteiger partial charge in [0.15, 0.2) is 0 Å². The van der Waals surface area contributed by atoms with Gasteiger partial charge in [-0.15, -0.1) is 11.3 Å². The van der Waals surface area contributed by atoms with Crippen molar-refractivity contribution >= 4 is 33.5 Å². The molecule has 8 heteroatoms. The van der Waals surface area contributed by atoms with Crippen molar-refractivity contribution in [3.63, 3.8) is 0 Å². The van der Waals surface area contributed by atoms with E-state index in [-0.39, 0.29) is 12.1 Å². The number of nitrogens with zero attached hydrogens (tertiary/aromatic N) is 4. The second-order valence-corrected chi connectivity index (χ2v) is 8.68. The first-order chi connectivity index (χ1) is 14.5. The zero-order chi connectivity index (χ0) is 21.1. The quantitative estimate of drug-likeness (QED) is 0.665. The van der Waals surface area contributed by atoms with Crippen LogP contribution in [0.1, 0.15) is 18.7 Å². The van der Waals surface area contributed by atoms with Crippen molar-refractivity contribution in [2.24, 2.45) is 0 Å². The van der Waals surface area contributed by atoms with Crippen LogP contribution in [0, 0.1) is 0 Å². The van der Waals surface area contributed by atoms with E-state index in [0.29, 0.717) is 13.1 Å². The fourth-order valence-corrected chi connectivity index (χ4v) is 4.82. The number of carbonyl (C=O) groups is 1. The molecule has 2 aromatic heterocycles. The fourth-order valence-electron chi connectivity index (χ4n) is 3.86. The molecule has 1 amide bonds. The number of amides is 1. The minimum absolute atomic E-state index is 0.117. The molecule has 0 radical (unpaired) electrons. The van der Waals surface area contributed by atoms with Crippen LogP contribution in [0.25, 0.3) is 21.3 Å². The molecular weight excluding hydrogens is 398 g/mol. The molecule has 1 aromatic carbocycles. The SMILES string of the molecule is COC(=O)N1CCCC(Nc2nc(CN(C)C)nc3scc(-c4ccccc4)c23)C1. The first kappa shape index (κ1) is 20.6. The van der Waals surface area contributed by atoms with Gasteiger partial charge in [-0.2, -0.15) is 0 Å². The predicted octanol–water partition coefficient (Wildman–Crippen LogP) is 4.06. The van der Waals surface area contributed by atoms with Gasteiger partial charge in [0.25, 0.3) is 0 Å².